The molecule has 0 aromatic heterocycles. The number of amides is 2. The summed E-state index contributed by atoms with van der Waals surface area (Å²) in [6, 6.07) is 8.06. The van der Waals surface area contributed by atoms with Crippen LogP contribution in [-0.2, 0) is 0 Å². The molecular formula is C14H21N3O. The topological polar surface area (TPSA) is 53.2 Å². The van der Waals surface area contributed by atoms with E-state index in [0.29, 0.717) is 12.0 Å². The van der Waals surface area contributed by atoms with Crippen LogP contribution in [0, 0.1) is 5.92 Å². The molecule has 2 amide bonds. The van der Waals surface area contributed by atoms with Gasteiger partial charge in [-0.05, 0) is 43.0 Å². The van der Waals surface area contributed by atoms with E-state index in [0.717, 1.165) is 30.8 Å². The Labute approximate surface area is 108 Å². The van der Waals surface area contributed by atoms with E-state index in [2.05, 4.69) is 29.8 Å². The van der Waals surface area contributed by atoms with Gasteiger partial charge in [0, 0.05) is 24.0 Å². The third kappa shape index (κ3) is 4.28. The molecule has 3 N–H and O–H groups in total. The molecular weight excluding hydrogens is 226 g/mol. The average Bonchev–Trinajstić information content (AvgIpc) is 3.12. The first kappa shape index (κ1) is 12.7. The van der Waals surface area contributed by atoms with Crippen molar-refractivity contribution in [1.29, 1.82) is 0 Å². The van der Waals surface area contributed by atoms with E-state index >= 15 is 0 Å². The Balaban J connectivity index is 1.80. The Morgan fingerprint density at radius 1 is 1.22 bits per heavy atom. The molecule has 0 spiro atoms. The van der Waals surface area contributed by atoms with Gasteiger partial charge in [-0.3, -0.25) is 0 Å². The summed E-state index contributed by atoms with van der Waals surface area (Å²) in [7, 11) is 0. The van der Waals surface area contributed by atoms with Crippen molar-refractivity contribution >= 4 is 17.4 Å². The summed E-state index contributed by atoms with van der Waals surface area (Å²) in [5.41, 5.74) is 1.90. The summed E-state index contributed by atoms with van der Waals surface area (Å²) in [6.45, 7) is 5.30. The first-order valence-corrected chi connectivity index (χ1v) is 6.55. The summed E-state index contributed by atoms with van der Waals surface area (Å²) in [5.74, 6) is 0.618. The van der Waals surface area contributed by atoms with Gasteiger partial charge in [0.05, 0.1) is 0 Å². The molecule has 2 rings (SSSR count). The Morgan fingerprint density at radius 3 is 2.39 bits per heavy atom. The number of urea groups is 1. The molecule has 1 saturated carbocycles. The summed E-state index contributed by atoms with van der Waals surface area (Å²) < 4.78 is 0. The minimum Gasteiger partial charge on any atom is -0.385 e. The number of carbonyl (C=O) groups excluding carboxylic acids is 1. The number of carbonyl (C=O) groups is 1. The van der Waals surface area contributed by atoms with Crippen LogP contribution in [0.1, 0.15) is 26.7 Å². The molecule has 1 aromatic rings. The smallest absolute Gasteiger partial charge is 0.319 e. The second-order valence-corrected chi connectivity index (χ2v) is 5.22. The summed E-state index contributed by atoms with van der Waals surface area (Å²) in [5, 5.41) is 9.06. The monoisotopic (exact) mass is 247 g/mol. The molecule has 4 heteroatoms. The molecule has 1 aliphatic carbocycles. The predicted octanol–water partition coefficient (Wildman–Crippen LogP) is 3.04. The summed E-state index contributed by atoms with van der Waals surface area (Å²) >= 11 is 0. The highest BCUT2D eigenvalue weighted by Gasteiger charge is 2.23. The fourth-order valence-corrected chi connectivity index (χ4v) is 1.57. The maximum atomic E-state index is 11.5. The van der Waals surface area contributed by atoms with Gasteiger partial charge in [0.2, 0.25) is 0 Å². The number of rotatable bonds is 5. The van der Waals surface area contributed by atoms with Crippen LogP contribution in [0.4, 0.5) is 16.2 Å². The SMILES string of the molecule is CC(C)CNc1ccc(NC(=O)NC2CC2)cc1. The van der Waals surface area contributed by atoms with Crippen molar-refractivity contribution in [2.45, 2.75) is 32.7 Å². The highest BCUT2D eigenvalue weighted by atomic mass is 16.2. The number of anilines is 2. The van der Waals surface area contributed by atoms with Crippen molar-refractivity contribution in [3.63, 3.8) is 0 Å². The molecule has 0 atom stereocenters. The molecule has 0 heterocycles. The van der Waals surface area contributed by atoms with Crippen LogP contribution >= 0.6 is 0 Å². The lowest BCUT2D eigenvalue weighted by Crippen LogP contribution is -2.30. The van der Waals surface area contributed by atoms with Crippen molar-refractivity contribution in [3.8, 4) is 0 Å². The maximum Gasteiger partial charge on any atom is 0.319 e. The van der Waals surface area contributed by atoms with Crippen LogP contribution < -0.4 is 16.0 Å². The van der Waals surface area contributed by atoms with Gasteiger partial charge in [-0.1, -0.05) is 13.8 Å². The molecule has 0 bridgehead atoms. The number of benzene rings is 1. The molecule has 0 unspecified atom stereocenters. The molecule has 1 aliphatic rings. The first-order chi connectivity index (χ1) is 8.63. The van der Waals surface area contributed by atoms with Gasteiger partial charge in [0.15, 0.2) is 0 Å². The van der Waals surface area contributed by atoms with Crippen LogP contribution in [-0.4, -0.2) is 18.6 Å². The predicted molar refractivity (Wildman–Crippen MR) is 74.9 cm³/mol. The molecule has 1 fully saturated rings. The fraction of sp³-hybridized carbons (Fsp3) is 0.500. The van der Waals surface area contributed by atoms with E-state index in [1.54, 1.807) is 0 Å². The Kier molecular flexibility index (Phi) is 4.07. The second kappa shape index (κ2) is 5.76. The van der Waals surface area contributed by atoms with Crippen molar-refractivity contribution < 1.29 is 4.79 Å². The molecule has 1 aromatic carbocycles. The van der Waals surface area contributed by atoms with Gasteiger partial charge >= 0.3 is 6.03 Å². The number of nitrogens with one attached hydrogen (secondary N) is 3. The zero-order chi connectivity index (χ0) is 13.0. The Morgan fingerprint density at radius 2 is 1.83 bits per heavy atom. The van der Waals surface area contributed by atoms with Crippen LogP contribution in [0.2, 0.25) is 0 Å². The standard InChI is InChI=1S/C14H21N3O/c1-10(2)9-15-11-3-5-12(6-4-11)16-14(18)17-13-7-8-13/h3-6,10,13,15H,7-9H2,1-2H3,(H2,16,17,18). The zero-order valence-corrected chi connectivity index (χ0v) is 11.0. The molecule has 0 radical (unpaired) electrons. The average molecular weight is 247 g/mol. The molecule has 98 valence electrons. The van der Waals surface area contributed by atoms with Gasteiger partial charge in [-0.2, -0.15) is 0 Å². The van der Waals surface area contributed by atoms with E-state index in [-0.39, 0.29) is 6.03 Å². The number of hydrogen-bond donors (Lipinski definition) is 3. The van der Waals surface area contributed by atoms with Crippen molar-refractivity contribution in [3.05, 3.63) is 24.3 Å². The van der Waals surface area contributed by atoms with E-state index < -0.39 is 0 Å². The van der Waals surface area contributed by atoms with E-state index in [9.17, 15) is 4.79 Å². The van der Waals surface area contributed by atoms with Gasteiger partial charge in [0.1, 0.15) is 0 Å². The molecule has 4 nitrogen and oxygen atoms in total. The van der Waals surface area contributed by atoms with Crippen molar-refractivity contribution in [2.24, 2.45) is 5.92 Å². The highest BCUT2D eigenvalue weighted by Crippen LogP contribution is 2.19. The first-order valence-electron chi connectivity index (χ1n) is 6.55. The lowest BCUT2D eigenvalue weighted by molar-refractivity contribution is 0.251. The zero-order valence-electron chi connectivity index (χ0n) is 11.0. The fourth-order valence-electron chi connectivity index (χ4n) is 1.57. The molecule has 0 saturated heterocycles. The Hall–Kier alpha value is -1.71. The van der Waals surface area contributed by atoms with Crippen molar-refractivity contribution in [2.75, 3.05) is 17.2 Å². The lowest BCUT2D eigenvalue weighted by atomic mass is 10.2. The van der Waals surface area contributed by atoms with Crippen molar-refractivity contribution in [1.82, 2.24) is 5.32 Å². The van der Waals surface area contributed by atoms with Crippen LogP contribution in [0.25, 0.3) is 0 Å². The quantitative estimate of drug-likeness (QED) is 0.749. The second-order valence-electron chi connectivity index (χ2n) is 5.22. The van der Waals surface area contributed by atoms with Gasteiger partial charge in [0.25, 0.3) is 0 Å². The third-order valence-corrected chi connectivity index (χ3v) is 2.77. The van der Waals surface area contributed by atoms with Crippen LogP contribution in [0.5, 0.6) is 0 Å². The summed E-state index contributed by atoms with van der Waals surface area (Å²) in [6.07, 6.45) is 2.21. The normalized spacial score (nSPS) is 14.4. The summed E-state index contributed by atoms with van der Waals surface area (Å²) in [4.78, 5) is 11.5. The molecule has 18 heavy (non-hydrogen) atoms. The minimum atomic E-state index is -0.111. The van der Waals surface area contributed by atoms with E-state index in [1.165, 1.54) is 0 Å². The van der Waals surface area contributed by atoms with Crippen LogP contribution in [0.3, 0.4) is 0 Å². The largest absolute Gasteiger partial charge is 0.385 e. The third-order valence-electron chi connectivity index (χ3n) is 2.77. The molecule has 0 aliphatic heterocycles. The number of hydrogen-bond acceptors (Lipinski definition) is 2. The van der Waals surface area contributed by atoms with Gasteiger partial charge < -0.3 is 16.0 Å². The minimum absolute atomic E-state index is 0.111. The van der Waals surface area contributed by atoms with Crippen LogP contribution in [0.15, 0.2) is 24.3 Å². The van der Waals surface area contributed by atoms with Gasteiger partial charge in [-0.15, -0.1) is 0 Å². The lowest BCUT2D eigenvalue weighted by Gasteiger charge is -2.10. The van der Waals surface area contributed by atoms with Gasteiger partial charge in [-0.25, -0.2) is 4.79 Å². The maximum absolute atomic E-state index is 11.5. The Bertz CT molecular complexity index is 396. The van der Waals surface area contributed by atoms with E-state index in [4.69, 9.17) is 0 Å². The van der Waals surface area contributed by atoms with E-state index in [1.807, 2.05) is 24.3 Å². The highest BCUT2D eigenvalue weighted by molar-refractivity contribution is 5.89.